The maximum absolute atomic E-state index is 13.2. The second kappa shape index (κ2) is 6.69. The molecule has 7 heteroatoms. The number of rotatable bonds is 5. The van der Waals surface area contributed by atoms with Gasteiger partial charge in [0.15, 0.2) is 5.78 Å². The van der Waals surface area contributed by atoms with Crippen molar-refractivity contribution < 1.29 is 9.18 Å². The molecule has 0 atom stereocenters. The summed E-state index contributed by atoms with van der Waals surface area (Å²) in [5.74, 6) is -0.446. The van der Waals surface area contributed by atoms with Crippen molar-refractivity contribution in [1.82, 2.24) is 8.94 Å². The molecule has 0 bridgehead atoms. The zero-order valence-electron chi connectivity index (χ0n) is 14.5. The Hall–Kier alpha value is -2.31. The summed E-state index contributed by atoms with van der Waals surface area (Å²) < 4.78 is 14.8. The largest absolute Gasteiger partial charge is 0.358 e. The first-order valence-electron chi connectivity index (χ1n) is 8.54. The lowest BCUT2D eigenvalue weighted by Gasteiger charge is -2.15. The highest BCUT2D eigenvalue weighted by Crippen LogP contribution is 2.49. The third-order valence-corrected chi connectivity index (χ3v) is 6.43. The van der Waals surface area contributed by atoms with Crippen molar-refractivity contribution in [3.63, 3.8) is 0 Å². The monoisotopic (exact) mass is 402 g/mol. The van der Waals surface area contributed by atoms with Crippen molar-refractivity contribution in [2.45, 2.75) is 31.7 Å². The molecule has 138 valence electrons. The second-order valence-electron chi connectivity index (χ2n) is 6.78. The van der Waals surface area contributed by atoms with Crippen LogP contribution in [0.15, 0.2) is 47.3 Å². The predicted octanol–water partition coefficient (Wildman–Crippen LogP) is 4.37. The number of aromatic nitrogens is 2. The standard InChI is InChI=1S/C20H16ClFN2O2S/c1-12-2-3-13(10-16(12)21)17(25)11-18-23-19(26)24(27-18)20(8-9-20)14-4-6-15(22)7-5-14/h2-7,10H,8-9,11H2,1H3. The Morgan fingerprint density at radius 1 is 1.26 bits per heavy atom. The number of aryl methyl sites for hydroxylation is 1. The summed E-state index contributed by atoms with van der Waals surface area (Å²) in [6, 6.07) is 11.4. The molecule has 4 rings (SSSR count). The van der Waals surface area contributed by atoms with Crippen molar-refractivity contribution in [3.8, 4) is 0 Å². The molecule has 2 aromatic carbocycles. The molecule has 1 heterocycles. The van der Waals surface area contributed by atoms with Gasteiger partial charge in [0.1, 0.15) is 10.8 Å². The van der Waals surface area contributed by atoms with E-state index in [0.29, 0.717) is 15.6 Å². The topological polar surface area (TPSA) is 52.0 Å². The van der Waals surface area contributed by atoms with Crippen molar-refractivity contribution >= 4 is 28.9 Å². The van der Waals surface area contributed by atoms with E-state index in [2.05, 4.69) is 4.98 Å². The lowest BCUT2D eigenvalue weighted by molar-refractivity contribution is 0.0993. The zero-order chi connectivity index (χ0) is 19.2. The number of carbonyl (C=O) groups is 1. The van der Waals surface area contributed by atoms with Gasteiger partial charge in [0.2, 0.25) is 0 Å². The highest BCUT2D eigenvalue weighted by molar-refractivity contribution is 7.06. The maximum Gasteiger partial charge on any atom is 0.358 e. The molecule has 0 N–H and O–H groups in total. The number of carbonyl (C=O) groups excluding carboxylic acids is 1. The van der Waals surface area contributed by atoms with E-state index in [4.69, 9.17) is 11.6 Å². The van der Waals surface area contributed by atoms with Crippen molar-refractivity contribution in [2.75, 3.05) is 0 Å². The minimum atomic E-state index is -0.461. The van der Waals surface area contributed by atoms with Crippen LogP contribution >= 0.6 is 23.1 Å². The molecular weight excluding hydrogens is 387 g/mol. The Kier molecular flexibility index (Phi) is 4.48. The fourth-order valence-corrected chi connectivity index (χ4v) is 4.44. The van der Waals surface area contributed by atoms with E-state index in [0.717, 1.165) is 24.0 Å². The van der Waals surface area contributed by atoms with E-state index in [1.54, 1.807) is 34.3 Å². The number of Topliss-reactive ketones (excluding diaryl/α,β-unsaturated/α-hetero) is 1. The number of nitrogens with zero attached hydrogens (tertiary/aromatic N) is 2. The first kappa shape index (κ1) is 18.1. The van der Waals surface area contributed by atoms with Gasteiger partial charge >= 0.3 is 5.69 Å². The number of hydrogen-bond acceptors (Lipinski definition) is 4. The Morgan fingerprint density at radius 2 is 1.96 bits per heavy atom. The molecule has 0 aliphatic heterocycles. The average Bonchev–Trinajstić information content (AvgIpc) is 3.36. The van der Waals surface area contributed by atoms with Gasteiger partial charge in [-0.05, 0) is 60.6 Å². The number of ketones is 1. The normalized spacial score (nSPS) is 14.9. The van der Waals surface area contributed by atoms with Gasteiger partial charge in [-0.25, -0.2) is 13.1 Å². The van der Waals surface area contributed by atoms with Gasteiger partial charge in [-0.2, -0.15) is 4.98 Å². The molecule has 1 fully saturated rings. The fraction of sp³-hybridized carbons (Fsp3) is 0.250. The van der Waals surface area contributed by atoms with E-state index in [9.17, 15) is 14.0 Å². The molecule has 1 aliphatic carbocycles. The smallest absolute Gasteiger partial charge is 0.294 e. The summed E-state index contributed by atoms with van der Waals surface area (Å²) in [7, 11) is 0. The third kappa shape index (κ3) is 3.35. The minimum Gasteiger partial charge on any atom is -0.294 e. The Bertz CT molecular complexity index is 1080. The first-order valence-corrected chi connectivity index (χ1v) is 9.69. The Morgan fingerprint density at radius 3 is 2.59 bits per heavy atom. The molecule has 0 radical (unpaired) electrons. The minimum absolute atomic E-state index is 0.0474. The van der Waals surface area contributed by atoms with Gasteiger partial charge in [0.25, 0.3) is 0 Å². The van der Waals surface area contributed by atoms with Crippen LogP contribution < -0.4 is 5.69 Å². The zero-order valence-corrected chi connectivity index (χ0v) is 16.1. The number of halogens is 2. The van der Waals surface area contributed by atoms with Crippen LogP contribution in [0.4, 0.5) is 4.39 Å². The molecule has 0 spiro atoms. The molecule has 1 saturated carbocycles. The molecule has 3 aromatic rings. The van der Waals surface area contributed by atoms with Crippen LogP contribution in [0.25, 0.3) is 0 Å². The molecule has 1 aliphatic rings. The number of benzene rings is 2. The summed E-state index contributed by atoms with van der Waals surface area (Å²) in [5.41, 5.74) is 1.46. The van der Waals surface area contributed by atoms with Crippen molar-refractivity contribution in [3.05, 3.63) is 85.5 Å². The van der Waals surface area contributed by atoms with E-state index < -0.39 is 5.54 Å². The molecule has 4 nitrogen and oxygen atoms in total. The van der Waals surface area contributed by atoms with E-state index >= 15 is 0 Å². The summed E-state index contributed by atoms with van der Waals surface area (Å²) in [6.07, 6.45) is 1.63. The highest BCUT2D eigenvalue weighted by atomic mass is 35.5. The van der Waals surface area contributed by atoms with Gasteiger partial charge in [0.05, 0.1) is 12.0 Å². The Balaban J connectivity index is 1.60. The quantitative estimate of drug-likeness (QED) is 0.595. The van der Waals surface area contributed by atoms with Gasteiger partial charge in [-0.15, -0.1) is 0 Å². The SMILES string of the molecule is Cc1ccc(C(=O)Cc2nc(=O)n(C3(c4ccc(F)cc4)CC3)s2)cc1Cl. The number of hydrogen-bond donors (Lipinski definition) is 0. The fourth-order valence-electron chi connectivity index (χ4n) is 3.15. The first-order chi connectivity index (χ1) is 12.9. The molecule has 27 heavy (non-hydrogen) atoms. The van der Waals surface area contributed by atoms with E-state index in [-0.39, 0.29) is 23.7 Å². The van der Waals surface area contributed by atoms with Crippen LogP contribution in [0, 0.1) is 12.7 Å². The van der Waals surface area contributed by atoms with Gasteiger partial charge in [0, 0.05) is 10.6 Å². The summed E-state index contributed by atoms with van der Waals surface area (Å²) >= 11 is 7.30. The lowest BCUT2D eigenvalue weighted by atomic mass is 10.1. The third-order valence-electron chi connectivity index (χ3n) is 4.89. The van der Waals surface area contributed by atoms with Crippen LogP contribution in [0.1, 0.15) is 39.3 Å². The van der Waals surface area contributed by atoms with E-state index in [1.807, 2.05) is 6.92 Å². The van der Waals surface area contributed by atoms with Crippen LogP contribution in [0.5, 0.6) is 0 Å². The molecule has 0 amide bonds. The Labute approximate surface area is 164 Å². The summed E-state index contributed by atoms with van der Waals surface area (Å²) in [5, 5.41) is 1.00. The van der Waals surface area contributed by atoms with Gasteiger partial charge in [-0.1, -0.05) is 35.9 Å². The molecular formula is C20H16ClFN2O2S. The molecule has 0 unspecified atom stereocenters. The summed E-state index contributed by atoms with van der Waals surface area (Å²) in [4.78, 5) is 29.0. The summed E-state index contributed by atoms with van der Waals surface area (Å²) in [6.45, 7) is 1.87. The lowest BCUT2D eigenvalue weighted by Crippen LogP contribution is -2.27. The maximum atomic E-state index is 13.2. The van der Waals surface area contributed by atoms with Crippen molar-refractivity contribution in [2.24, 2.45) is 0 Å². The second-order valence-corrected chi connectivity index (χ2v) is 8.20. The predicted molar refractivity (Wildman–Crippen MR) is 103 cm³/mol. The highest BCUT2D eigenvalue weighted by Gasteiger charge is 2.48. The molecule has 0 saturated heterocycles. The molecule has 1 aromatic heterocycles. The van der Waals surface area contributed by atoms with Gasteiger partial charge < -0.3 is 0 Å². The van der Waals surface area contributed by atoms with Crippen LogP contribution in [0.2, 0.25) is 5.02 Å². The van der Waals surface area contributed by atoms with Crippen LogP contribution in [-0.2, 0) is 12.0 Å². The van der Waals surface area contributed by atoms with Crippen molar-refractivity contribution in [1.29, 1.82) is 0 Å². The van der Waals surface area contributed by atoms with Crippen LogP contribution in [0.3, 0.4) is 0 Å². The van der Waals surface area contributed by atoms with Crippen LogP contribution in [-0.4, -0.2) is 14.7 Å². The van der Waals surface area contributed by atoms with E-state index in [1.165, 1.54) is 23.7 Å². The average molecular weight is 403 g/mol. The van der Waals surface area contributed by atoms with Gasteiger partial charge in [-0.3, -0.25) is 4.79 Å².